The van der Waals surface area contributed by atoms with E-state index in [1.165, 1.54) is 0 Å². The van der Waals surface area contributed by atoms with E-state index in [1.807, 2.05) is 19.2 Å². The summed E-state index contributed by atoms with van der Waals surface area (Å²) < 4.78 is 0. The second-order valence-electron chi connectivity index (χ2n) is 4.65. The molecule has 7 heteroatoms. The van der Waals surface area contributed by atoms with Gasteiger partial charge in [0.15, 0.2) is 0 Å². The summed E-state index contributed by atoms with van der Waals surface area (Å²) >= 11 is 1.63. The van der Waals surface area contributed by atoms with Crippen molar-refractivity contribution in [1.82, 2.24) is 15.0 Å². The molecule has 0 amide bonds. The maximum atomic E-state index is 11.3. The van der Waals surface area contributed by atoms with Gasteiger partial charge in [-0.2, -0.15) is 11.8 Å². The summed E-state index contributed by atoms with van der Waals surface area (Å²) in [6, 6.07) is 1.28. The molecule has 0 spiro atoms. The Kier molecular flexibility index (Phi) is 4.49. The summed E-state index contributed by atoms with van der Waals surface area (Å²) in [6.45, 7) is 3.72. The number of anilines is 1. The highest BCUT2D eigenvalue weighted by Crippen LogP contribution is 2.22. The molecule has 2 aromatic rings. The molecule has 1 unspecified atom stereocenters. The molecule has 108 valence electrons. The number of aliphatic carboxylic acids is 1. The molecule has 0 saturated heterocycles. The van der Waals surface area contributed by atoms with Gasteiger partial charge >= 0.3 is 5.97 Å². The van der Waals surface area contributed by atoms with Crippen molar-refractivity contribution in [2.24, 2.45) is 0 Å². The zero-order chi connectivity index (χ0) is 14.7. The van der Waals surface area contributed by atoms with Crippen LogP contribution in [0, 0.1) is 13.8 Å². The van der Waals surface area contributed by atoms with Gasteiger partial charge in [-0.25, -0.2) is 14.8 Å². The van der Waals surface area contributed by atoms with E-state index in [0.717, 1.165) is 22.5 Å². The van der Waals surface area contributed by atoms with Crippen LogP contribution in [0.25, 0.3) is 11.0 Å². The molecule has 3 N–H and O–H groups in total. The van der Waals surface area contributed by atoms with E-state index in [4.69, 9.17) is 0 Å². The van der Waals surface area contributed by atoms with Crippen molar-refractivity contribution in [1.29, 1.82) is 0 Å². The van der Waals surface area contributed by atoms with Gasteiger partial charge < -0.3 is 15.4 Å². The van der Waals surface area contributed by atoms with Crippen molar-refractivity contribution in [2.75, 3.05) is 17.3 Å². The number of hydrogen-bond donors (Lipinski definition) is 3. The van der Waals surface area contributed by atoms with Crippen LogP contribution in [0.2, 0.25) is 0 Å². The molecule has 0 aliphatic heterocycles. The van der Waals surface area contributed by atoms with Crippen LogP contribution in [0.4, 0.5) is 5.82 Å². The van der Waals surface area contributed by atoms with Gasteiger partial charge in [-0.3, -0.25) is 0 Å². The minimum atomic E-state index is -0.865. The SMILES string of the molecule is CSCCC(Nc1nc(C)nc2[nH]c(C)cc12)C(=O)O. The lowest BCUT2D eigenvalue weighted by Gasteiger charge is -2.15. The Morgan fingerprint density at radius 3 is 2.90 bits per heavy atom. The summed E-state index contributed by atoms with van der Waals surface area (Å²) in [6.07, 6.45) is 2.51. The van der Waals surface area contributed by atoms with Crippen molar-refractivity contribution in [3.8, 4) is 0 Å². The number of aromatic nitrogens is 3. The van der Waals surface area contributed by atoms with Gasteiger partial charge in [0.1, 0.15) is 23.3 Å². The minimum absolute atomic E-state index is 0.546. The van der Waals surface area contributed by atoms with Crippen LogP contribution in [0.15, 0.2) is 6.07 Å². The number of nitrogens with one attached hydrogen (secondary N) is 2. The maximum absolute atomic E-state index is 11.3. The lowest BCUT2D eigenvalue weighted by atomic mass is 10.2. The third-order valence-corrected chi connectivity index (χ3v) is 3.60. The molecule has 1 atom stereocenters. The van der Waals surface area contributed by atoms with Crippen LogP contribution in [0.5, 0.6) is 0 Å². The Morgan fingerprint density at radius 1 is 1.50 bits per heavy atom. The van der Waals surface area contributed by atoms with E-state index in [1.54, 1.807) is 18.7 Å². The number of thioether (sulfide) groups is 1. The Labute approximate surface area is 121 Å². The number of nitrogens with zero attached hydrogens (tertiary/aromatic N) is 2. The summed E-state index contributed by atoms with van der Waals surface area (Å²) in [4.78, 5) is 23.1. The van der Waals surface area contributed by atoms with Gasteiger partial charge in [0.05, 0.1) is 5.39 Å². The van der Waals surface area contributed by atoms with Gasteiger partial charge in [0, 0.05) is 5.69 Å². The molecule has 0 aliphatic rings. The zero-order valence-electron chi connectivity index (χ0n) is 11.7. The van der Waals surface area contributed by atoms with Gasteiger partial charge in [0.25, 0.3) is 0 Å². The molecule has 20 heavy (non-hydrogen) atoms. The van der Waals surface area contributed by atoms with Crippen molar-refractivity contribution in [2.45, 2.75) is 26.3 Å². The fourth-order valence-corrected chi connectivity index (χ4v) is 2.49. The number of hydrogen-bond acceptors (Lipinski definition) is 5. The van der Waals surface area contributed by atoms with Gasteiger partial charge in [-0.15, -0.1) is 0 Å². The van der Waals surface area contributed by atoms with Crippen LogP contribution in [-0.4, -0.2) is 44.1 Å². The number of aromatic amines is 1. The Hall–Kier alpha value is -1.76. The second kappa shape index (κ2) is 6.13. The topological polar surface area (TPSA) is 90.9 Å². The lowest BCUT2D eigenvalue weighted by Crippen LogP contribution is -2.30. The van der Waals surface area contributed by atoms with E-state index in [0.29, 0.717) is 18.1 Å². The Morgan fingerprint density at radius 2 is 2.25 bits per heavy atom. The minimum Gasteiger partial charge on any atom is -0.480 e. The summed E-state index contributed by atoms with van der Waals surface area (Å²) in [5, 5.41) is 13.1. The van der Waals surface area contributed by atoms with E-state index in [-0.39, 0.29) is 0 Å². The molecule has 2 rings (SSSR count). The third-order valence-electron chi connectivity index (χ3n) is 2.95. The van der Waals surface area contributed by atoms with E-state index in [9.17, 15) is 9.90 Å². The van der Waals surface area contributed by atoms with E-state index < -0.39 is 12.0 Å². The van der Waals surface area contributed by atoms with E-state index >= 15 is 0 Å². The average molecular weight is 294 g/mol. The predicted octanol–water partition coefficient (Wildman–Crippen LogP) is 2.19. The van der Waals surface area contributed by atoms with Crippen LogP contribution < -0.4 is 5.32 Å². The predicted molar refractivity (Wildman–Crippen MR) is 81.4 cm³/mol. The monoisotopic (exact) mass is 294 g/mol. The van der Waals surface area contributed by atoms with Crippen LogP contribution >= 0.6 is 11.8 Å². The van der Waals surface area contributed by atoms with Crippen molar-refractivity contribution in [3.63, 3.8) is 0 Å². The van der Waals surface area contributed by atoms with Gasteiger partial charge in [-0.1, -0.05) is 0 Å². The molecule has 0 aliphatic carbocycles. The zero-order valence-corrected chi connectivity index (χ0v) is 12.5. The first kappa shape index (κ1) is 14.6. The van der Waals surface area contributed by atoms with Gasteiger partial charge in [0.2, 0.25) is 0 Å². The van der Waals surface area contributed by atoms with Crippen molar-refractivity contribution in [3.05, 3.63) is 17.6 Å². The number of rotatable bonds is 6. The van der Waals surface area contributed by atoms with Crippen LogP contribution in [0.3, 0.4) is 0 Å². The first-order valence-electron chi connectivity index (χ1n) is 6.33. The first-order valence-corrected chi connectivity index (χ1v) is 7.73. The number of aryl methyl sites for hydroxylation is 2. The fraction of sp³-hybridized carbons (Fsp3) is 0.462. The molecule has 6 nitrogen and oxygen atoms in total. The number of H-pyrrole nitrogens is 1. The summed E-state index contributed by atoms with van der Waals surface area (Å²) in [5.74, 6) is 1.10. The number of fused-ring (bicyclic) bond motifs is 1. The molecule has 2 aromatic heterocycles. The van der Waals surface area contributed by atoms with Crippen molar-refractivity contribution < 1.29 is 9.90 Å². The molecule has 0 aromatic carbocycles. The molecular weight excluding hydrogens is 276 g/mol. The molecule has 0 saturated carbocycles. The average Bonchev–Trinajstić information content (AvgIpc) is 2.74. The second-order valence-corrected chi connectivity index (χ2v) is 5.64. The maximum Gasteiger partial charge on any atom is 0.326 e. The smallest absolute Gasteiger partial charge is 0.326 e. The molecule has 0 bridgehead atoms. The van der Waals surface area contributed by atoms with Gasteiger partial charge in [-0.05, 0) is 38.3 Å². The Bertz CT molecular complexity index is 626. The lowest BCUT2D eigenvalue weighted by molar-refractivity contribution is -0.137. The molecule has 0 radical (unpaired) electrons. The van der Waals surface area contributed by atoms with E-state index in [2.05, 4.69) is 20.3 Å². The third kappa shape index (κ3) is 3.22. The van der Waals surface area contributed by atoms with Crippen molar-refractivity contribution >= 4 is 34.6 Å². The highest BCUT2D eigenvalue weighted by Gasteiger charge is 2.19. The quantitative estimate of drug-likeness (QED) is 0.756. The van der Waals surface area contributed by atoms with Crippen LogP contribution in [0.1, 0.15) is 17.9 Å². The summed E-state index contributed by atoms with van der Waals surface area (Å²) in [7, 11) is 0. The number of carbonyl (C=O) groups is 1. The Balaban J connectivity index is 2.33. The molecular formula is C13H18N4O2S. The molecule has 2 heterocycles. The summed E-state index contributed by atoms with van der Waals surface area (Å²) in [5.41, 5.74) is 1.70. The standard InChI is InChI=1S/C13H18N4O2S/c1-7-6-9-11(14-7)15-8(2)16-12(9)17-10(13(18)19)4-5-20-3/h6,10H,4-5H2,1-3H3,(H,18,19)(H2,14,15,16,17). The van der Waals surface area contributed by atoms with Crippen LogP contribution in [-0.2, 0) is 4.79 Å². The number of carboxylic acids is 1. The first-order chi connectivity index (χ1) is 9.51. The largest absolute Gasteiger partial charge is 0.480 e. The molecule has 0 fully saturated rings. The normalized spacial score (nSPS) is 12.6. The fourth-order valence-electron chi connectivity index (χ4n) is 2.02. The number of carboxylic acid groups (broad SMARTS) is 1. The highest BCUT2D eigenvalue weighted by atomic mass is 32.2. The highest BCUT2D eigenvalue weighted by molar-refractivity contribution is 7.98.